The van der Waals surface area contributed by atoms with Crippen LogP contribution in [0.2, 0.25) is 0 Å². The molecule has 4 aromatic heterocycles. The highest BCUT2D eigenvalue weighted by atomic mass is 15.0. The average molecular weight is 789 g/mol. The van der Waals surface area contributed by atoms with Crippen molar-refractivity contribution in [3.63, 3.8) is 0 Å². The topological polar surface area (TPSA) is 67.3 Å². The summed E-state index contributed by atoms with van der Waals surface area (Å²) in [5.41, 5.74) is 12.4. The fourth-order valence-corrected chi connectivity index (χ4v) is 10.4. The summed E-state index contributed by atoms with van der Waals surface area (Å²) in [5, 5.41) is 31.4. The van der Waals surface area contributed by atoms with Crippen LogP contribution in [0.15, 0.2) is 194 Å². The predicted molar refractivity (Wildman–Crippen MR) is 253 cm³/mol. The molecule has 0 aliphatic rings. The van der Waals surface area contributed by atoms with Gasteiger partial charge in [0.2, 0.25) is 0 Å². The van der Waals surface area contributed by atoms with Crippen molar-refractivity contribution >= 4 is 87.2 Å². The maximum absolute atomic E-state index is 11.2. The molecule has 0 bridgehead atoms. The third-order valence-corrected chi connectivity index (χ3v) is 12.8. The summed E-state index contributed by atoms with van der Waals surface area (Å²) in [6.07, 6.45) is 0. The quantitative estimate of drug-likeness (QED) is 0.178. The zero-order valence-electron chi connectivity index (χ0n) is 33.2. The molecule has 62 heavy (non-hydrogen) atoms. The zero-order valence-corrected chi connectivity index (χ0v) is 33.2. The van der Waals surface area contributed by atoms with Gasteiger partial charge in [0.25, 0.3) is 0 Å². The largest absolute Gasteiger partial charge is 0.309 e. The van der Waals surface area contributed by atoms with Crippen LogP contribution in [-0.2, 0) is 0 Å². The summed E-state index contributed by atoms with van der Waals surface area (Å²) in [6.45, 7) is 0. The number of aromatic nitrogens is 4. The molecule has 9 aromatic carbocycles. The molecule has 0 fully saturated rings. The van der Waals surface area contributed by atoms with Gasteiger partial charge in [-0.05, 0) is 72.8 Å². The zero-order chi connectivity index (χ0) is 41.1. The van der Waals surface area contributed by atoms with Crippen molar-refractivity contribution in [2.24, 2.45) is 0 Å². The van der Waals surface area contributed by atoms with Crippen molar-refractivity contribution in [3.8, 4) is 34.9 Å². The van der Waals surface area contributed by atoms with E-state index in [1.54, 1.807) is 0 Å². The van der Waals surface area contributed by atoms with E-state index in [4.69, 9.17) is 0 Å². The van der Waals surface area contributed by atoms with E-state index >= 15 is 0 Å². The van der Waals surface area contributed by atoms with Crippen LogP contribution >= 0.6 is 0 Å². The van der Waals surface area contributed by atoms with Gasteiger partial charge in [0.1, 0.15) is 12.1 Å². The molecule has 0 radical (unpaired) electrons. The van der Waals surface area contributed by atoms with Crippen molar-refractivity contribution in [1.29, 1.82) is 10.5 Å². The Kier molecular flexibility index (Phi) is 7.05. The number of nitriles is 2. The van der Waals surface area contributed by atoms with E-state index in [2.05, 4.69) is 188 Å². The number of nitrogens with zero attached hydrogens (tertiary/aromatic N) is 6. The fourth-order valence-electron chi connectivity index (χ4n) is 10.4. The standard InChI is InChI=1S/C56H32N6/c57-33-43-44(34-58)50(62-48-26-14-10-22-42(48)54-52(62)30-28-40-38-20-8-12-24-46(38)60(56(40)54)36-17-5-2-6-18-36)32-31-49(43)61-47-25-13-9-21-41(47)53-51(61)29-27-39-37-19-7-11-23-45(37)59(55(39)53)35-15-3-1-4-16-35/h1-32H. The summed E-state index contributed by atoms with van der Waals surface area (Å²) in [4.78, 5) is 0. The van der Waals surface area contributed by atoms with E-state index in [0.29, 0.717) is 22.5 Å². The molecule has 13 aromatic rings. The third-order valence-electron chi connectivity index (χ3n) is 12.8. The monoisotopic (exact) mass is 788 g/mol. The first-order chi connectivity index (χ1) is 30.7. The molecule has 286 valence electrons. The molecule has 0 aliphatic heterocycles. The van der Waals surface area contributed by atoms with Gasteiger partial charge < -0.3 is 18.3 Å². The Morgan fingerprint density at radius 2 is 0.613 bits per heavy atom. The van der Waals surface area contributed by atoms with Crippen LogP contribution in [0.3, 0.4) is 0 Å². The summed E-state index contributed by atoms with van der Waals surface area (Å²) in [7, 11) is 0. The average Bonchev–Trinajstić information content (AvgIpc) is 4.06. The Morgan fingerprint density at radius 3 is 1.00 bits per heavy atom. The van der Waals surface area contributed by atoms with Gasteiger partial charge in [-0.25, -0.2) is 0 Å². The Balaban J connectivity index is 1.12. The molecule has 0 aliphatic carbocycles. The Hall–Kier alpha value is -8.84. The second kappa shape index (κ2) is 12.8. The van der Waals surface area contributed by atoms with Crippen molar-refractivity contribution in [2.75, 3.05) is 0 Å². The van der Waals surface area contributed by atoms with Gasteiger partial charge in [-0.3, -0.25) is 0 Å². The molecule has 0 saturated heterocycles. The molecule has 6 heteroatoms. The lowest BCUT2D eigenvalue weighted by Gasteiger charge is -2.16. The maximum atomic E-state index is 11.2. The highest BCUT2D eigenvalue weighted by Gasteiger charge is 2.26. The normalized spacial score (nSPS) is 11.8. The highest BCUT2D eigenvalue weighted by Crippen LogP contribution is 2.45. The van der Waals surface area contributed by atoms with Gasteiger partial charge >= 0.3 is 0 Å². The second-order valence-corrected chi connectivity index (χ2v) is 15.9. The van der Waals surface area contributed by atoms with Crippen LogP contribution in [0, 0.1) is 22.7 Å². The summed E-state index contributed by atoms with van der Waals surface area (Å²) < 4.78 is 9.06. The Labute approximate surface area is 354 Å². The maximum Gasteiger partial charge on any atom is 0.103 e. The van der Waals surface area contributed by atoms with Gasteiger partial charge in [0, 0.05) is 54.5 Å². The van der Waals surface area contributed by atoms with Crippen LogP contribution in [0.25, 0.3) is 110 Å². The smallest absolute Gasteiger partial charge is 0.103 e. The highest BCUT2D eigenvalue weighted by molar-refractivity contribution is 6.27. The van der Waals surface area contributed by atoms with E-state index < -0.39 is 0 Å². The minimum atomic E-state index is 0.321. The second-order valence-electron chi connectivity index (χ2n) is 15.9. The third kappa shape index (κ3) is 4.45. The van der Waals surface area contributed by atoms with Crippen molar-refractivity contribution in [2.45, 2.75) is 0 Å². The Morgan fingerprint density at radius 1 is 0.274 bits per heavy atom. The van der Waals surface area contributed by atoms with Gasteiger partial charge in [-0.15, -0.1) is 0 Å². The number of benzene rings is 9. The van der Waals surface area contributed by atoms with E-state index in [0.717, 1.165) is 87.8 Å². The van der Waals surface area contributed by atoms with Gasteiger partial charge in [-0.1, -0.05) is 121 Å². The molecular weight excluding hydrogens is 757 g/mol. The van der Waals surface area contributed by atoms with Crippen molar-refractivity contribution < 1.29 is 0 Å². The molecule has 0 N–H and O–H groups in total. The van der Waals surface area contributed by atoms with E-state index in [-0.39, 0.29) is 0 Å². The molecule has 0 spiro atoms. The molecule has 6 nitrogen and oxygen atoms in total. The van der Waals surface area contributed by atoms with E-state index in [1.807, 2.05) is 36.4 Å². The lowest BCUT2D eigenvalue weighted by Crippen LogP contribution is -2.05. The van der Waals surface area contributed by atoms with Crippen molar-refractivity contribution in [1.82, 2.24) is 18.3 Å². The number of hydrogen-bond donors (Lipinski definition) is 0. The van der Waals surface area contributed by atoms with Crippen LogP contribution in [0.5, 0.6) is 0 Å². The predicted octanol–water partition coefficient (Wildman–Crippen LogP) is 13.8. The van der Waals surface area contributed by atoms with E-state index in [9.17, 15) is 10.5 Å². The number of fused-ring (bicyclic) bond motifs is 14. The lowest BCUT2D eigenvalue weighted by molar-refractivity contribution is 1.12. The molecule has 13 rings (SSSR count). The number of hydrogen-bond acceptors (Lipinski definition) is 2. The summed E-state index contributed by atoms with van der Waals surface area (Å²) in [5.74, 6) is 0. The van der Waals surface area contributed by atoms with Gasteiger partial charge in [0.15, 0.2) is 0 Å². The lowest BCUT2D eigenvalue weighted by atomic mass is 10.0. The molecule has 0 amide bonds. The number of rotatable bonds is 4. The van der Waals surface area contributed by atoms with Crippen LogP contribution in [0.4, 0.5) is 0 Å². The molecule has 0 unspecified atom stereocenters. The first kappa shape index (κ1) is 34.1. The molecule has 0 atom stereocenters. The van der Waals surface area contributed by atoms with Crippen LogP contribution in [0.1, 0.15) is 11.1 Å². The first-order valence-corrected chi connectivity index (χ1v) is 20.7. The molecular formula is C56H32N6. The minimum absolute atomic E-state index is 0.321. The molecule has 0 saturated carbocycles. The first-order valence-electron chi connectivity index (χ1n) is 20.7. The summed E-state index contributed by atoms with van der Waals surface area (Å²) in [6, 6.07) is 72.8. The fraction of sp³-hybridized carbons (Fsp3) is 0. The van der Waals surface area contributed by atoms with Crippen molar-refractivity contribution in [3.05, 3.63) is 205 Å². The summed E-state index contributed by atoms with van der Waals surface area (Å²) >= 11 is 0. The van der Waals surface area contributed by atoms with Crippen LogP contribution in [-0.4, -0.2) is 18.3 Å². The van der Waals surface area contributed by atoms with Gasteiger partial charge in [-0.2, -0.15) is 10.5 Å². The van der Waals surface area contributed by atoms with E-state index in [1.165, 1.54) is 10.8 Å². The number of para-hydroxylation sites is 6. The molecule has 4 heterocycles. The van der Waals surface area contributed by atoms with Crippen LogP contribution < -0.4 is 0 Å². The Bertz CT molecular complexity index is 3840. The minimum Gasteiger partial charge on any atom is -0.309 e. The SMILES string of the molecule is N#Cc1c(-n2c3ccccc3c3c2ccc2c4ccccc4n(-c4ccccc4)c23)ccc(-n2c3ccccc3c3c2ccc2c4ccccc4n(-c4ccccc4)c23)c1C#N. The van der Waals surface area contributed by atoms with Gasteiger partial charge in [0.05, 0.1) is 66.6 Å².